The lowest BCUT2D eigenvalue weighted by molar-refractivity contribution is -0.137. The molecule has 0 spiro atoms. The van der Waals surface area contributed by atoms with Crippen LogP contribution in [0.25, 0.3) is 11.4 Å². The number of aryl methyl sites for hydroxylation is 1. The van der Waals surface area contributed by atoms with Crippen LogP contribution in [0.1, 0.15) is 31.7 Å². The van der Waals surface area contributed by atoms with Crippen LogP contribution in [0.5, 0.6) is 0 Å². The highest BCUT2D eigenvalue weighted by Gasteiger charge is 2.18. The van der Waals surface area contributed by atoms with Gasteiger partial charge in [-0.3, -0.25) is 9.36 Å². The number of esters is 1. The number of hydrogen-bond acceptors (Lipinski definition) is 6. The molecular formula is C14H19N3O2S2. The molecule has 5 nitrogen and oxygen atoms in total. The van der Waals surface area contributed by atoms with Gasteiger partial charge < -0.3 is 4.74 Å². The van der Waals surface area contributed by atoms with Crippen LogP contribution in [0.3, 0.4) is 0 Å². The maximum Gasteiger partial charge on any atom is 0.316 e. The number of aromatic nitrogens is 3. The van der Waals surface area contributed by atoms with Gasteiger partial charge in [-0.2, -0.15) is 0 Å². The number of hydrogen-bond donors (Lipinski definition) is 0. The summed E-state index contributed by atoms with van der Waals surface area (Å²) in [6, 6.07) is 2.38. The number of rotatable bonds is 6. The number of carbonyl (C=O) groups excluding carboxylic acids is 1. The molecule has 0 bridgehead atoms. The van der Waals surface area contributed by atoms with Crippen molar-refractivity contribution >= 4 is 29.1 Å². The highest BCUT2D eigenvalue weighted by atomic mass is 32.2. The molecule has 0 saturated carbocycles. The van der Waals surface area contributed by atoms with E-state index in [1.165, 1.54) is 23.7 Å². The SMILES string of the molecule is CCc1cc(-c2nnc(SCC(=O)OC)n2C(C)C)cs1. The van der Waals surface area contributed by atoms with Gasteiger partial charge in [0.25, 0.3) is 0 Å². The van der Waals surface area contributed by atoms with Crippen molar-refractivity contribution < 1.29 is 9.53 Å². The van der Waals surface area contributed by atoms with Crippen LogP contribution in [0.2, 0.25) is 0 Å². The fraction of sp³-hybridized carbons (Fsp3) is 0.500. The van der Waals surface area contributed by atoms with Gasteiger partial charge in [0.2, 0.25) is 0 Å². The molecule has 0 atom stereocenters. The minimum atomic E-state index is -0.261. The molecule has 7 heteroatoms. The summed E-state index contributed by atoms with van der Waals surface area (Å²) < 4.78 is 6.73. The zero-order chi connectivity index (χ0) is 15.4. The van der Waals surface area contributed by atoms with Gasteiger partial charge in [0.05, 0.1) is 12.9 Å². The molecule has 21 heavy (non-hydrogen) atoms. The maximum atomic E-state index is 11.3. The third kappa shape index (κ3) is 3.65. The van der Waals surface area contributed by atoms with Gasteiger partial charge in [0.1, 0.15) is 0 Å². The molecular weight excluding hydrogens is 306 g/mol. The first-order valence-corrected chi connectivity index (χ1v) is 8.65. The molecule has 0 N–H and O–H groups in total. The summed E-state index contributed by atoms with van der Waals surface area (Å²) in [6.07, 6.45) is 1.02. The first kappa shape index (κ1) is 16.0. The summed E-state index contributed by atoms with van der Waals surface area (Å²) in [6.45, 7) is 6.31. The average Bonchev–Trinajstić information content (AvgIpc) is 3.10. The maximum absolute atomic E-state index is 11.3. The Morgan fingerprint density at radius 2 is 2.24 bits per heavy atom. The molecule has 2 aromatic heterocycles. The topological polar surface area (TPSA) is 57.0 Å². The van der Waals surface area contributed by atoms with Gasteiger partial charge in [0, 0.05) is 21.9 Å². The van der Waals surface area contributed by atoms with E-state index in [1.54, 1.807) is 11.3 Å². The van der Waals surface area contributed by atoms with Gasteiger partial charge in [-0.1, -0.05) is 18.7 Å². The van der Waals surface area contributed by atoms with Gasteiger partial charge in [0.15, 0.2) is 11.0 Å². The number of thioether (sulfide) groups is 1. The van der Waals surface area contributed by atoms with Crippen LogP contribution in [0, 0.1) is 0 Å². The van der Waals surface area contributed by atoms with Crippen molar-refractivity contribution in [2.45, 2.75) is 38.4 Å². The zero-order valence-corrected chi connectivity index (χ0v) is 14.3. The van der Waals surface area contributed by atoms with Crippen LogP contribution >= 0.6 is 23.1 Å². The van der Waals surface area contributed by atoms with E-state index < -0.39 is 0 Å². The van der Waals surface area contributed by atoms with Crippen molar-refractivity contribution in [1.29, 1.82) is 0 Å². The number of carbonyl (C=O) groups is 1. The highest BCUT2D eigenvalue weighted by molar-refractivity contribution is 7.99. The second-order valence-electron chi connectivity index (χ2n) is 4.79. The van der Waals surface area contributed by atoms with E-state index in [-0.39, 0.29) is 17.8 Å². The Labute approximate surface area is 132 Å². The Balaban J connectivity index is 2.30. The van der Waals surface area contributed by atoms with Crippen molar-refractivity contribution in [3.05, 3.63) is 16.3 Å². The molecule has 0 aliphatic heterocycles. The first-order chi connectivity index (χ1) is 10.1. The lowest BCUT2D eigenvalue weighted by atomic mass is 10.2. The van der Waals surface area contributed by atoms with Crippen molar-refractivity contribution in [2.24, 2.45) is 0 Å². The number of thiophene rings is 1. The van der Waals surface area contributed by atoms with Crippen LogP contribution in [0.4, 0.5) is 0 Å². The minimum Gasteiger partial charge on any atom is -0.468 e. The van der Waals surface area contributed by atoms with Gasteiger partial charge in [-0.15, -0.1) is 21.5 Å². The van der Waals surface area contributed by atoms with Crippen LogP contribution in [-0.4, -0.2) is 33.6 Å². The largest absolute Gasteiger partial charge is 0.468 e. The molecule has 0 saturated heterocycles. The van der Waals surface area contributed by atoms with E-state index in [9.17, 15) is 4.79 Å². The third-order valence-corrected chi connectivity index (χ3v) is 4.99. The fourth-order valence-corrected chi connectivity index (χ4v) is 3.62. The van der Waals surface area contributed by atoms with Gasteiger partial charge >= 0.3 is 5.97 Å². The van der Waals surface area contributed by atoms with E-state index in [0.717, 1.165) is 23.0 Å². The number of nitrogens with zero attached hydrogens (tertiary/aromatic N) is 3. The van der Waals surface area contributed by atoms with Crippen molar-refractivity contribution in [3.63, 3.8) is 0 Å². The summed E-state index contributed by atoms with van der Waals surface area (Å²) in [7, 11) is 1.39. The standard InChI is InChI=1S/C14H19N3O2S2/c1-5-11-6-10(7-20-11)13-15-16-14(17(13)9(2)3)21-8-12(18)19-4/h6-7,9H,5,8H2,1-4H3. The summed E-state index contributed by atoms with van der Waals surface area (Å²) in [5.41, 5.74) is 1.09. The van der Waals surface area contributed by atoms with E-state index >= 15 is 0 Å². The molecule has 2 aromatic rings. The fourth-order valence-electron chi connectivity index (χ4n) is 1.90. The van der Waals surface area contributed by atoms with Crippen molar-refractivity contribution in [3.8, 4) is 11.4 Å². The molecule has 0 aromatic carbocycles. The molecule has 0 fully saturated rings. The zero-order valence-electron chi connectivity index (χ0n) is 12.6. The minimum absolute atomic E-state index is 0.222. The Morgan fingerprint density at radius 3 is 2.81 bits per heavy atom. The number of methoxy groups -OCH3 is 1. The highest BCUT2D eigenvalue weighted by Crippen LogP contribution is 2.30. The lowest BCUT2D eigenvalue weighted by Crippen LogP contribution is -2.08. The predicted octanol–water partition coefficient (Wildman–Crippen LogP) is 3.42. The van der Waals surface area contributed by atoms with Crippen molar-refractivity contribution in [1.82, 2.24) is 14.8 Å². The first-order valence-electron chi connectivity index (χ1n) is 6.79. The van der Waals surface area contributed by atoms with Crippen LogP contribution in [0.15, 0.2) is 16.6 Å². The molecule has 0 aliphatic carbocycles. The molecule has 2 heterocycles. The molecule has 0 aliphatic rings. The van der Waals surface area contributed by atoms with E-state index in [4.69, 9.17) is 0 Å². The average molecular weight is 325 g/mol. The van der Waals surface area contributed by atoms with E-state index in [2.05, 4.69) is 51.7 Å². The summed E-state index contributed by atoms with van der Waals surface area (Å²) in [5, 5.41) is 11.4. The predicted molar refractivity (Wildman–Crippen MR) is 85.8 cm³/mol. The number of ether oxygens (including phenoxy) is 1. The van der Waals surface area contributed by atoms with Gasteiger partial charge in [-0.25, -0.2) is 0 Å². The Bertz CT molecular complexity index is 620. The second kappa shape index (κ2) is 7.09. The Morgan fingerprint density at radius 1 is 1.48 bits per heavy atom. The summed E-state index contributed by atoms with van der Waals surface area (Å²) in [5.74, 6) is 0.836. The third-order valence-electron chi connectivity index (χ3n) is 2.99. The van der Waals surface area contributed by atoms with Crippen LogP contribution in [-0.2, 0) is 16.0 Å². The molecule has 2 rings (SSSR count). The second-order valence-corrected chi connectivity index (χ2v) is 6.73. The Kier molecular flexibility index (Phi) is 5.41. The summed E-state index contributed by atoms with van der Waals surface area (Å²) >= 11 is 3.09. The molecule has 114 valence electrons. The summed E-state index contributed by atoms with van der Waals surface area (Å²) in [4.78, 5) is 12.6. The lowest BCUT2D eigenvalue weighted by Gasteiger charge is -2.12. The van der Waals surface area contributed by atoms with E-state index in [1.807, 2.05) is 0 Å². The molecule has 0 amide bonds. The van der Waals surface area contributed by atoms with Gasteiger partial charge in [-0.05, 0) is 26.3 Å². The smallest absolute Gasteiger partial charge is 0.316 e. The van der Waals surface area contributed by atoms with E-state index in [0.29, 0.717) is 0 Å². The normalized spacial score (nSPS) is 11.1. The Hall–Kier alpha value is -1.34. The van der Waals surface area contributed by atoms with Crippen molar-refractivity contribution in [2.75, 3.05) is 12.9 Å². The molecule has 0 unspecified atom stereocenters. The molecule has 0 radical (unpaired) electrons. The van der Waals surface area contributed by atoms with Crippen LogP contribution < -0.4 is 0 Å². The monoisotopic (exact) mass is 325 g/mol. The quantitative estimate of drug-likeness (QED) is 0.602.